The number of carbonyl (C=O) groups excluding carboxylic acids is 1. The van der Waals surface area contributed by atoms with Gasteiger partial charge in [0.1, 0.15) is 18.6 Å². The first-order valence-electron chi connectivity index (χ1n) is 11.6. The quantitative estimate of drug-likeness (QED) is 0.330. The van der Waals surface area contributed by atoms with Gasteiger partial charge in [-0.25, -0.2) is 0 Å². The van der Waals surface area contributed by atoms with Crippen molar-refractivity contribution in [1.29, 1.82) is 0 Å². The number of halogens is 3. The fourth-order valence-corrected chi connectivity index (χ4v) is 4.29. The Morgan fingerprint density at radius 1 is 1.03 bits per heavy atom. The molecular weight excluding hydrogens is 483 g/mol. The molecule has 0 atom stereocenters. The summed E-state index contributed by atoms with van der Waals surface area (Å²) in [6, 6.07) is 14.2. The van der Waals surface area contributed by atoms with Gasteiger partial charge in [0, 0.05) is 41.4 Å². The second kappa shape index (κ2) is 8.84. The maximum absolute atomic E-state index is 13.0. The smallest absolute Gasteiger partial charge is 0.337 e. The Labute approximate surface area is 208 Å². The van der Waals surface area contributed by atoms with Crippen molar-refractivity contribution in [3.05, 3.63) is 79.1 Å². The Morgan fingerprint density at radius 2 is 1.89 bits per heavy atom. The van der Waals surface area contributed by atoms with Crippen LogP contribution in [0.1, 0.15) is 29.4 Å². The van der Waals surface area contributed by atoms with Crippen molar-refractivity contribution in [2.45, 2.75) is 31.6 Å². The largest absolute Gasteiger partial charge is 0.406 e. The van der Waals surface area contributed by atoms with Gasteiger partial charge in [-0.3, -0.25) is 14.8 Å². The highest BCUT2D eigenvalue weighted by Gasteiger charge is 2.28. The Kier molecular flexibility index (Phi) is 5.47. The standard InChI is InChI=1S/C26H20F3N7O/c27-26(28,29)14-35-9-7-21-23(35)12-18(13-31-21)16-6-8-30-22(11-16)25(37)33-19-3-1-2-17(10-19)24-34-32-15-36(24)20-4-5-20/h1-3,6-13,15,20H,4-5,14H2,(H,33,37). The molecule has 0 bridgehead atoms. The Morgan fingerprint density at radius 3 is 2.70 bits per heavy atom. The first-order chi connectivity index (χ1) is 17.8. The summed E-state index contributed by atoms with van der Waals surface area (Å²) in [5.41, 5.74) is 3.58. The first-order valence-corrected chi connectivity index (χ1v) is 11.6. The Hall–Kier alpha value is -4.54. The molecule has 6 rings (SSSR count). The predicted molar refractivity (Wildman–Crippen MR) is 131 cm³/mol. The topological polar surface area (TPSA) is 90.5 Å². The van der Waals surface area contributed by atoms with Crippen LogP contribution in [0, 0.1) is 0 Å². The van der Waals surface area contributed by atoms with Gasteiger partial charge in [0.2, 0.25) is 0 Å². The van der Waals surface area contributed by atoms with E-state index in [2.05, 4.69) is 25.5 Å². The van der Waals surface area contributed by atoms with Crippen LogP contribution in [0.15, 0.2) is 73.4 Å². The first kappa shape index (κ1) is 22.9. The number of nitrogens with zero attached hydrogens (tertiary/aromatic N) is 6. The molecule has 1 N–H and O–H groups in total. The molecule has 5 aromatic rings. The van der Waals surface area contributed by atoms with E-state index in [1.165, 1.54) is 18.5 Å². The highest BCUT2D eigenvalue weighted by atomic mass is 19.4. The third kappa shape index (κ3) is 4.80. The van der Waals surface area contributed by atoms with E-state index in [0.717, 1.165) is 28.8 Å². The van der Waals surface area contributed by atoms with E-state index in [1.54, 1.807) is 36.8 Å². The summed E-state index contributed by atoms with van der Waals surface area (Å²) in [7, 11) is 0. The molecule has 1 fully saturated rings. The molecule has 4 heterocycles. The number of hydrogen-bond acceptors (Lipinski definition) is 5. The zero-order valence-electron chi connectivity index (χ0n) is 19.4. The minimum atomic E-state index is -4.35. The molecular formula is C26H20F3N7O. The third-order valence-corrected chi connectivity index (χ3v) is 6.19. The normalized spacial score (nSPS) is 13.7. The number of pyridine rings is 2. The van der Waals surface area contributed by atoms with Crippen LogP contribution in [0.2, 0.25) is 0 Å². The van der Waals surface area contributed by atoms with Crippen LogP contribution < -0.4 is 5.32 Å². The highest BCUT2D eigenvalue weighted by Crippen LogP contribution is 2.37. The summed E-state index contributed by atoms with van der Waals surface area (Å²) in [6.45, 7) is -1.11. The number of amides is 1. The average Bonchev–Trinajstić information content (AvgIpc) is 3.48. The van der Waals surface area contributed by atoms with Gasteiger partial charge in [0.05, 0.1) is 11.0 Å². The molecule has 37 heavy (non-hydrogen) atoms. The van der Waals surface area contributed by atoms with E-state index >= 15 is 0 Å². The number of anilines is 1. The van der Waals surface area contributed by atoms with E-state index in [1.807, 2.05) is 22.8 Å². The number of hydrogen-bond donors (Lipinski definition) is 1. The molecule has 1 aliphatic carbocycles. The minimum absolute atomic E-state index is 0.162. The number of rotatable bonds is 6. The van der Waals surface area contributed by atoms with Crippen LogP contribution in [0.3, 0.4) is 0 Å². The van der Waals surface area contributed by atoms with E-state index < -0.39 is 18.6 Å². The number of carbonyl (C=O) groups is 1. The summed E-state index contributed by atoms with van der Waals surface area (Å²) < 4.78 is 42.0. The van der Waals surface area contributed by atoms with E-state index in [9.17, 15) is 18.0 Å². The molecule has 1 amide bonds. The number of fused-ring (bicyclic) bond motifs is 1. The molecule has 11 heteroatoms. The molecule has 0 radical (unpaired) electrons. The monoisotopic (exact) mass is 503 g/mol. The fourth-order valence-electron chi connectivity index (χ4n) is 4.29. The Balaban J connectivity index is 1.25. The second-order valence-electron chi connectivity index (χ2n) is 8.94. The van der Waals surface area contributed by atoms with Gasteiger partial charge in [-0.15, -0.1) is 10.2 Å². The zero-order chi connectivity index (χ0) is 25.6. The summed E-state index contributed by atoms with van der Waals surface area (Å²) in [5.74, 6) is 0.328. The van der Waals surface area contributed by atoms with Crippen molar-refractivity contribution < 1.29 is 18.0 Å². The molecule has 1 aromatic carbocycles. The Bertz CT molecular complexity index is 1620. The van der Waals surface area contributed by atoms with Crippen LogP contribution >= 0.6 is 0 Å². The lowest BCUT2D eigenvalue weighted by Gasteiger charge is -2.10. The van der Waals surface area contributed by atoms with Crippen molar-refractivity contribution in [3.8, 4) is 22.5 Å². The second-order valence-corrected chi connectivity index (χ2v) is 8.94. The van der Waals surface area contributed by atoms with Crippen molar-refractivity contribution in [2.75, 3.05) is 5.32 Å². The average molecular weight is 503 g/mol. The molecule has 1 saturated carbocycles. The molecule has 1 aliphatic rings. The third-order valence-electron chi connectivity index (χ3n) is 6.19. The lowest BCUT2D eigenvalue weighted by Crippen LogP contribution is -2.16. The van der Waals surface area contributed by atoms with E-state index in [4.69, 9.17) is 0 Å². The van der Waals surface area contributed by atoms with Crippen LogP contribution in [-0.2, 0) is 6.54 Å². The van der Waals surface area contributed by atoms with Gasteiger partial charge in [0.15, 0.2) is 5.82 Å². The van der Waals surface area contributed by atoms with Gasteiger partial charge in [-0.05, 0) is 54.8 Å². The van der Waals surface area contributed by atoms with Crippen molar-refractivity contribution in [1.82, 2.24) is 29.3 Å². The summed E-state index contributed by atoms with van der Waals surface area (Å²) in [4.78, 5) is 21.5. The van der Waals surface area contributed by atoms with Gasteiger partial charge < -0.3 is 14.5 Å². The van der Waals surface area contributed by atoms with Crippen molar-refractivity contribution in [2.24, 2.45) is 0 Å². The van der Waals surface area contributed by atoms with E-state index in [0.29, 0.717) is 33.9 Å². The molecule has 0 aliphatic heterocycles. The molecule has 0 saturated heterocycles. The number of alkyl halides is 3. The number of nitrogens with one attached hydrogen (secondary N) is 1. The fraction of sp³-hybridized carbons (Fsp3) is 0.192. The van der Waals surface area contributed by atoms with Crippen LogP contribution in [0.4, 0.5) is 18.9 Å². The summed E-state index contributed by atoms with van der Waals surface area (Å²) >= 11 is 0. The van der Waals surface area contributed by atoms with Crippen LogP contribution in [0.25, 0.3) is 33.5 Å². The van der Waals surface area contributed by atoms with Crippen LogP contribution in [0.5, 0.6) is 0 Å². The van der Waals surface area contributed by atoms with Crippen LogP contribution in [-0.4, -0.2) is 41.4 Å². The molecule has 4 aromatic heterocycles. The lowest BCUT2D eigenvalue weighted by molar-refractivity contribution is -0.139. The predicted octanol–water partition coefficient (Wildman–Crippen LogP) is 5.51. The number of aromatic nitrogens is 6. The molecule has 0 spiro atoms. The SMILES string of the molecule is O=C(Nc1cccc(-c2nncn2C2CC2)c1)c1cc(-c2cnc3ccn(CC(F)(F)F)c3c2)ccn1. The minimum Gasteiger partial charge on any atom is -0.337 e. The summed E-state index contributed by atoms with van der Waals surface area (Å²) in [6.07, 6.45) is 3.98. The zero-order valence-corrected chi connectivity index (χ0v) is 19.4. The summed E-state index contributed by atoms with van der Waals surface area (Å²) in [5, 5.41) is 11.1. The molecule has 0 unspecified atom stereocenters. The van der Waals surface area contributed by atoms with Crippen molar-refractivity contribution >= 4 is 22.6 Å². The molecule has 8 nitrogen and oxygen atoms in total. The van der Waals surface area contributed by atoms with Crippen molar-refractivity contribution in [3.63, 3.8) is 0 Å². The van der Waals surface area contributed by atoms with Gasteiger partial charge in [-0.1, -0.05) is 12.1 Å². The maximum Gasteiger partial charge on any atom is 0.406 e. The van der Waals surface area contributed by atoms with Gasteiger partial charge in [-0.2, -0.15) is 13.2 Å². The molecule has 186 valence electrons. The van der Waals surface area contributed by atoms with Gasteiger partial charge in [0.25, 0.3) is 5.91 Å². The van der Waals surface area contributed by atoms with E-state index in [-0.39, 0.29) is 5.69 Å². The number of benzene rings is 1. The highest BCUT2D eigenvalue weighted by molar-refractivity contribution is 6.03. The maximum atomic E-state index is 13.0. The lowest BCUT2D eigenvalue weighted by atomic mass is 10.1. The van der Waals surface area contributed by atoms with Gasteiger partial charge >= 0.3 is 6.18 Å².